The Labute approximate surface area is 200 Å². The highest BCUT2D eigenvalue weighted by atomic mass is 16.6. The minimum atomic E-state index is -1.01. The van der Waals surface area contributed by atoms with E-state index in [1.807, 2.05) is 32.0 Å². The van der Waals surface area contributed by atoms with Crippen LogP contribution in [-0.4, -0.2) is 61.0 Å². The van der Waals surface area contributed by atoms with Crippen LogP contribution in [0.3, 0.4) is 0 Å². The van der Waals surface area contributed by atoms with Gasteiger partial charge in [-0.1, -0.05) is 33.3 Å². The topological polar surface area (TPSA) is 97.7 Å². The number of ether oxygens (including phenoxy) is 3. The van der Waals surface area contributed by atoms with Gasteiger partial charge in [0.05, 0.1) is 55.0 Å². The summed E-state index contributed by atoms with van der Waals surface area (Å²) in [6.07, 6.45) is 3.36. The van der Waals surface area contributed by atoms with Crippen LogP contribution in [0.15, 0.2) is 35.0 Å². The molecule has 184 valence electrons. The Bertz CT molecular complexity index is 1030. The van der Waals surface area contributed by atoms with Crippen LogP contribution in [0.4, 0.5) is 5.69 Å². The van der Waals surface area contributed by atoms with Gasteiger partial charge >= 0.3 is 11.9 Å². The number of hydrogen-bond donors (Lipinski definition) is 1. The lowest BCUT2D eigenvalue weighted by Crippen LogP contribution is -2.61. The zero-order valence-corrected chi connectivity index (χ0v) is 20.5. The van der Waals surface area contributed by atoms with Crippen molar-refractivity contribution in [2.24, 2.45) is 22.7 Å². The Hall–Kier alpha value is -2.87. The average Bonchev–Trinajstić information content (AvgIpc) is 3.16. The highest BCUT2D eigenvalue weighted by molar-refractivity contribution is 6.06. The lowest BCUT2D eigenvalue weighted by molar-refractivity contribution is -0.160. The fourth-order valence-corrected chi connectivity index (χ4v) is 5.77. The maximum Gasteiger partial charge on any atom is 0.334 e. The molecule has 3 aliphatic rings. The number of aliphatic carboxylic acids is 1. The Morgan fingerprint density at radius 1 is 1.32 bits per heavy atom. The maximum atomic E-state index is 12.9. The van der Waals surface area contributed by atoms with Crippen molar-refractivity contribution < 1.29 is 28.9 Å². The molecule has 8 heteroatoms. The molecule has 0 saturated carbocycles. The number of carbonyl (C=O) groups excluding carboxylic acids is 1. The van der Waals surface area contributed by atoms with Crippen LogP contribution in [0.2, 0.25) is 0 Å². The molecule has 2 fully saturated rings. The summed E-state index contributed by atoms with van der Waals surface area (Å²) in [6, 6.07) is 5.52. The van der Waals surface area contributed by atoms with Crippen LogP contribution >= 0.6 is 0 Å². The van der Waals surface area contributed by atoms with E-state index in [0.717, 1.165) is 29.9 Å². The van der Waals surface area contributed by atoms with Crippen LogP contribution in [0.25, 0.3) is 0 Å². The molecule has 4 rings (SSSR count). The summed E-state index contributed by atoms with van der Waals surface area (Å²) < 4.78 is 17.1. The van der Waals surface area contributed by atoms with Crippen LogP contribution < -0.4 is 4.74 Å². The van der Waals surface area contributed by atoms with Gasteiger partial charge in [-0.25, -0.2) is 4.79 Å². The van der Waals surface area contributed by atoms with Crippen molar-refractivity contribution in [3.05, 3.63) is 35.6 Å². The van der Waals surface area contributed by atoms with Crippen molar-refractivity contribution in [1.82, 2.24) is 4.90 Å². The summed E-state index contributed by atoms with van der Waals surface area (Å²) in [5.74, 6) is -0.925. The molecule has 0 aliphatic carbocycles. The third kappa shape index (κ3) is 3.87. The monoisotopic (exact) mass is 470 g/mol. The Morgan fingerprint density at radius 3 is 2.71 bits per heavy atom. The Kier molecular flexibility index (Phi) is 6.71. The summed E-state index contributed by atoms with van der Waals surface area (Å²) >= 11 is 0. The summed E-state index contributed by atoms with van der Waals surface area (Å²) in [4.78, 5) is 32.4. The zero-order valence-electron chi connectivity index (χ0n) is 20.5. The number of rotatable bonds is 7. The number of carboxylic acids is 1. The van der Waals surface area contributed by atoms with Crippen LogP contribution in [-0.2, 0) is 24.7 Å². The van der Waals surface area contributed by atoms with Crippen LogP contribution in [0.5, 0.6) is 5.75 Å². The van der Waals surface area contributed by atoms with E-state index < -0.39 is 11.6 Å². The minimum absolute atomic E-state index is 0.154. The summed E-state index contributed by atoms with van der Waals surface area (Å²) in [6.45, 7) is 7.20. The standard InChI is InChI=1S/C26H34N2O6/c1-6-16-13-28-11-10-26(34-25(31)15(2)3)22-19(8-7-9-21(22)33-5)27-23(26)20(28)12-17(16)18(14-32-4)24(29)30/h7-9,14-17,20H,6,10-13H2,1-5H3,(H,29,30)/b18-14+/t16-,17+,20+,26+/m1/s1. The molecule has 3 heterocycles. The van der Waals surface area contributed by atoms with E-state index in [2.05, 4.69) is 11.8 Å². The van der Waals surface area contributed by atoms with Gasteiger partial charge in [0.15, 0.2) is 5.60 Å². The molecule has 1 aromatic carbocycles. The second-order valence-electron chi connectivity index (χ2n) is 9.64. The van der Waals surface area contributed by atoms with Crippen molar-refractivity contribution in [2.45, 2.75) is 51.7 Å². The first-order chi connectivity index (χ1) is 16.3. The Morgan fingerprint density at radius 2 is 2.09 bits per heavy atom. The predicted octanol–water partition coefficient (Wildman–Crippen LogP) is 3.91. The van der Waals surface area contributed by atoms with E-state index >= 15 is 0 Å². The van der Waals surface area contributed by atoms with E-state index in [1.165, 1.54) is 13.4 Å². The predicted molar refractivity (Wildman–Crippen MR) is 127 cm³/mol. The van der Waals surface area contributed by atoms with Gasteiger partial charge in [0.25, 0.3) is 0 Å². The van der Waals surface area contributed by atoms with E-state index in [4.69, 9.17) is 19.2 Å². The summed E-state index contributed by atoms with van der Waals surface area (Å²) in [7, 11) is 3.08. The normalized spacial score (nSPS) is 28.5. The number of esters is 1. The van der Waals surface area contributed by atoms with E-state index in [1.54, 1.807) is 7.11 Å². The molecule has 34 heavy (non-hydrogen) atoms. The summed E-state index contributed by atoms with van der Waals surface area (Å²) in [5, 5.41) is 9.92. The number of aliphatic imine (C=N–C) groups is 1. The lowest BCUT2D eigenvalue weighted by atomic mass is 9.70. The third-order valence-electron chi connectivity index (χ3n) is 7.47. The number of nitrogens with zero attached hydrogens (tertiary/aromatic N) is 2. The van der Waals surface area contributed by atoms with Crippen LogP contribution in [0, 0.1) is 17.8 Å². The number of piperidine rings is 2. The molecule has 0 aromatic heterocycles. The minimum Gasteiger partial charge on any atom is -0.504 e. The van der Waals surface area contributed by atoms with Gasteiger partial charge in [0.2, 0.25) is 0 Å². The molecule has 0 spiro atoms. The maximum absolute atomic E-state index is 12.9. The van der Waals surface area contributed by atoms with Crippen molar-refractivity contribution in [3.63, 3.8) is 0 Å². The van der Waals surface area contributed by atoms with Crippen molar-refractivity contribution in [1.29, 1.82) is 0 Å². The molecule has 8 nitrogen and oxygen atoms in total. The van der Waals surface area contributed by atoms with Gasteiger partial charge in [-0.3, -0.25) is 14.7 Å². The van der Waals surface area contributed by atoms with Gasteiger partial charge in [0, 0.05) is 19.5 Å². The summed E-state index contributed by atoms with van der Waals surface area (Å²) in [5.41, 5.74) is 1.57. The first-order valence-corrected chi connectivity index (χ1v) is 12.0. The van der Waals surface area contributed by atoms with Crippen LogP contribution in [0.1, 0.15) is 45.6 Å². The molecule has 3 aliphatic heterocycles. The molecule has 0 unspecified atom stereocenters. The number of methoxy groups -OCH3 is 2. The molecule has 0 amide bonds. The third-order valence-corrected chi connectivity index (χ3v) is 7.47. The number of benzene rings is 1. The quantitative estimate of drug-likeness (QED) is 0.367. The first kappa shape index (κ1) is 24.3. The fourth-order valence-electron chi connectivity index (χ4n) is 5.77. The van der Waals surface area contributed by atoms with Gasteiger partial charge in [-0.05, 0) is 30.4 Å². The first-order valence-electron chi connectivity index (χ1n) is 12.0. The Balaban J connectivity index is 1.80. The molecule has 4 atom stereocenters. The zero-order chi connectivity index (χ0) is 24.6. The molecular formula is C26H34N2O6. The molecule has 0 bridgehead atoms. The molecule has 1 N–H and O–H groups in total. The van der Waals surface area contributed by atoms with Crippen molar-refractivity contribution in [3.8, 4) is 5.75 Å². The molecule has 2 saturated heterocycles. The van der Waals surface area contributed by atoms with Gasteiger partial charge < -0.3 is 19.3 Å². The van der Waals surface area contributed by atoms with Gasteiger partial charge in [-0.15, -0.1) is 0 Å². The van der Waals surface area contributed by atoms with Gasteiger partial charge in [0.1, 0.15) is 5.75 Å². The smallest absolute Gasteiger partial charge is 0.334 e. The second-order valence-corrected chi connectivity index (χ2v) is 9.64. The SMILES string of the molecule is CC[C@@H]1CN2CC[C@@]3(OC(=O)C(C)C)C(=Nc4cccc(OC)c43)[C@@H]2C[C@@H]1/C(=C\OC)C(=O)O. The van der Waals surface area contributed by atoms with Gasteiger partial charge in [-0.2, -0.15) is 0 Å². The fraction of sp³-hybridized carbons (Fsp3) is 0.577. The molecule has 0 radical (unpaired) electrons. The largest absolute Gasteiger partial charge is 0.504 e. The number of carboxylic acid groups (broad SMARTS) is 1. The van der Waals surface area contributed by atoms with Crippen molar-refractivity contribution >= 4 is 23.3 Å². The molecule has 1 aromatic rings. The highest BCUT2D eigenvalue weighted by Crippen LogP contribution is 2.53. The number of carbonyl (C=O) groups is 2. The lowest BCUT2D eigenvalue weighted by Gasteiger charge is -2.51. The number of fused-ring (bicyclic) bond motifs is 5. The van der Waals surface area contributed by atoms with E-state index in [-0.39, 0.29) is 35.3 Å². The van der Waals surface area contributed by atoms with E-state index in [9.17, 15) is 14.7 Å². The second kappa shape index (κ2) is 9.41. The highest BCUT2D eigenvalue weighted by Gasteiger charge is 2.57. The number of hydrogen-bond acceptors (Lipinski definition) is 7. The molecular weight excluding hydrogens is 436 g/mol. The van der Waals surface area contributed by atoms with Crippen molar-refractivity contribution in [2.75, 3.05) is 27.3 Å². The average molecular weight is 471 g/mol. The van der Waals surface area contributed by atoms with E-state index in [0.29, 0.717) is 25.1 Å².